The number of amides is 1. The van der Waals surface area contributed by atoms with Crippen molar-refractivity contribution >= 4 is 5.91 Å². The zero-order chi connectivity index (χ0) is 10.2. The smallest absolute Gasteiger partial charge is 0.229 e. The number of carbonyl (C=O) groups is 1. The highest BCUT2D eigenvalue weighted by Crippen LogP contribution is 2.32. The number of carbonyl (C=O) groups excluding carboxylic acids is 1. The van der Waals surface area contributed by atoms with Crippen LogP contribution < -0.4 is 5.32 Å². The maximum absolute atomic E-state index is 12.1. The van der Waals surface area contributed by atoms with Crippen LogP contribution >= 0.6 is 0 Å². The maximum atomic E-state index is 12.1. The van der Waals surface area contributed by atoms with E-state index in [1.807, 2.05) is 11.9 Å². The summed E-state index contributed by atoms with van der Waals surface area (Å²) in [5.41, 5.74) is -0.135. The molecule has 2 fully saturated rings. The minimum absolute atomic E-state index is 0.135. The van der Waals surface area contributed by atoms with Crippen LogP contribution in [0.5, 0.6) is 0 Å². The Morgan fingerprint density at radius 3 is 2.79 bits per heavy atom. The van der Waals surface area contributed by atoms with Gasteiger partial charge in [-0.3, -0.25) is 4.79 Å². The predicted octanol–water partition coefficient (Wildman–Crippen LogP) is 0.854. The third kappa shape index (κ3) is 1.92. The van der Waals surface area contributed by atoms with Gasteiger partial charge in [0.25, 0.3) is 0 Å². The summed E-state index contributed by atoms with van der Waals surface area (Å²) in [7, 11) is 1.95. The van der Waals surface area contributed by atoms with Crippen molar-refractivity contribution in [1.82, 2.24) is 10.2 Å². The van der Waals surface area contributed by atoms with Gasteiger partial charge in [-0.1, -0.05) is 0 Å². The Kier molecular flexibility index (Phi) is 2.52. The summed E-state index contributed by atoms with van der Waals surface area (Å²) < 4.78 is 0. The van der Waals surface area contributed by atoms with Crippen LogP contribution in [0.1, 0.15) is 26.2 Å². The highest BCUT2D eigenvalue weighted by atomic mass is 16.2. The SMILES string of the molecule is CN(CC1CC1)C(=O)C1(C)CCNC1. The first-order chi connectivity index (χ1) is 6.62. The van der Waals surface area contributed by atoms with Gasteiger partial charge in [-0.15, -0.1) is 0 Å². The zero-order valence-electron chi connectivity index (χ0n) is 9.18. The predicted molar refractivity (Wildman–Crippen MR) is 56.0 cm³/mol. The summed E-state index contributed by atoms with van der Waals surface area (Å²) in [4.78, 5) is 14.1. The number of nitrogens with one attached hydrogen (secondary N) is 1. The molecule has 1 unspecified atom stereocenters. The van der Waals surface area contributed by atoms with E-state index in [0.29, 0.717) is 5.91 Å². The van der Waals surface area contributed by atoms with Crippen molar-refractivity contribution in [3.05, 3.63) is 0 Å². The lowest BCUT2D eigenvalue weighted by Crippen LogP contribution is -2.42. The molecule has 1 heterocycles. The average molecular weight is 196 g/mol. The molecule has 1 aliphatic heterocycles. The van der Waals surface area contributed by atoms with E-state index in [1.54, 1.807) is 0 Å². The molecule has 1 N–H and O–H groups in total. The minimum atomic E-state index is -0.135. The van der Waals surface area contributed by atoms with Crippen molar-refractivity contribution in [3.8, 4) is 0 Å². The van der Waals surface area contributed by atoms with Gasteiger partial charge in [0.15, 0.2) is 0 Å². The van der Waals surface area contributed by atoms with Gasteiger partial charge in [-0.2, -0.15) is 0 Å². The average Bonchev–Trinajstić information content (AvgIpc) is 2.85. The summed E-state index contributed by atoms with van der Waals surface area (Å²) in [5.74, 6) is 1.12. The lowest BCUT2D eigenvalue weighted by molar-refractivity contribution is -0.139. The fraction of sp³-hybridized carbons (Fsp3) is 0.909. The van der Waals surface area contributed by atoms with Gasteiger partial charge in [0.1, 0.15) is 0 Å². The molecule has 14 heavy (non-hydrogen) atoms. The van der Waals surface area contributed by atoms with Crippen LogP contribution in [0, 0.1) is 11.3 Å². The van der Waals surface area contributed by atoms with Gasteiger partial charge in [-0.25, -0.2) is 0 Å². The molecule has 2 rings (SSSR count). The molecule has 1 aliphatic carbocycles. The molecule has 0 spiro atoms. The normalized spacial score (nSPS) is 31.9. The monoisotopic (exact) mass is 196 g/mol. The molecule has 0 aromatic rings. The molecule has 3 heteroatoms. The van der Waals surface area contributed by atoms with Gasteiger partial charge in [-0.05, 0) is 38.6 Å². The highest BCUT2D eigenvalue weighted by molar-refractivity contribution is 5.82. The van der Waals surface area contributed by atoms with Crippen molar-refractivity contribution in [2.45, 2.75) is 26.2 Å². The van der Waals surface area contributed by atoms with Gasteiger partial charge >= 0.3 is 0 Å². The molecule has 2 aliphatic rings. The standard InChI is InChI=1S/C11H20N2O/c1-11(5-6-12-8-11)10(14)13(2)7-9-3-4-9/h9,12H,3-8H2,1-2H3. The minimum Gasteiger partial charge on any atom is -0.345 e. The number of nitrogens with zero attached hydrogens (tertiary/aromatic N) is 1. The third-order valence-corrected chi connectivity index (χ3v) is 3.46. The quantitative estimate of drug-likeness (QED) is 0.726. The van der Waals surface area contributed by atoms with Crippen LogP contribution in [0.2, 0.25) is 0 Å². The molecule has 80 valence electrons. The second-order valence-corrected chi connectivity index (χ2v) is 5.12. The van der Waals surface area contributed by atoms with E-state index in [-0.39, 0.29) is 5.41 Å². The van der Waals surface area contributed by atoms with E-state index in [0.717, 1.165) is 32.0 Å². The maximum Gasteiger partial charge on any atom is 0.229 e. The van der Waals surface area contributed by atoms with Crippen molar-refractivity contribution in [2.24, 2.45) is 11.3 Å². The second-order valence-electron chi connectivity index (χ2n) is 5.12. The molecule has 1 saturated heterocycles. The molecule has 1 amide bonds. The Labute approximate surface area is 85.8 Å². The van der Waals surface area contributed by atoms with E-state index < -0.39 is 0 Å². The molecule has 1 atom stereocenters. The Bertz CT molecular complexity index is 229. The molecule has 3 nitrogen and oxygen atoms in total. The fourth-order valence-electron chi connectivity index (χ4n) is 2.23. The molecule has 0 aromatic heterocycles. The van der Waals surface area contributed by atoms with Crippen LogP contribution in [-0.4, -0.2) is 37.5 Å². The van der Waals surface area contributed by atoms with Crippen LogP contribution in [0.15, 0.2) is 0 Å². The topological polar surface area (TPSA) is 32.3 Å². The molecule has 0 bridgehead atoms. The van der Waals surface area contributed by atoms with Crippen LogP contribution in [0.25, 0.3) is 0 Å². The molecular formula is C11H20N2O. The summed E-state index contributed by atoms with van der Waals surface area (Å²) in [6, 6.07) is 0. The van der Waals surface area contributed by atoms with E-state index in [1.165, 1.54) is 12.8 Å². The molecule has 0 radical (unpaired) electrons. The Morgan fingerprint density at radius 1 is 1.57 bits per heavy atom. The first-order valence-corrected chi connectivity index (χ1v) is 5.58. The Hall–Kier alpha value is -0.570. The summed E-state index contributed by atoms with van der Waals surface area (Å²) in [5, 5.41) is 3.27. The van der Waals surface area contributed by atoms with Crippen LogP contribution in [0.4, 0.5) is 0 Å². The van der Waals surface area contributed by atoms with Crippen molar-refractivity contribution < 1.29 is 4.79 Å². The molecule has 0 aromatic carbocycles. The summed E-state index contributed by atoms with van der Waals surface area (Å²) in [6.45, 7) is 4.88. The second kappa shape index (κ2) is 3.54. The van der Waals surface area contributed by atoms with E-state index in [4.69, 9.17) is 0 Å². The number of hydrogen-bond donors (Lipinski definition) is 1. The third-order valence-electron chi connectivity index (χ3n) is 3.46. The Morgan fingerprint density at radius 2 is 2.29 bits per heavy atom. The first-order valence-electron chi connectivity index (χ1n) is 5.58. The van der Waals surface area contributed by atoms with Crippen LogP contribution in [0.3, 0.4) is 0 Å². The molecular weight excluding hydrogens is 176 g/mol. The van der Waals surface area contributed by atoms with Gasteiger partial charge in [0, 0.05) is 20.1 Å². The Balaban J connectivity index is 1.91. The highest BCUT2D eigenvalue weighted by Gasteiger charge is 2.39. The zero-order valence-corrected chi connectivity index (χ0v) is 9.18. The summed E-state index contributed by atoms with van der Waals surface area (Å²) in [6.07, 6.45) is 3.61. The largest absolute Gasteiger partial charge is 0.345 e. The van der Waals surface area contributed by atoms with Crippen molar-refractivity contribution in [3.63, 3.8) is 0 Å². The summed E-state index contributed by atoms with van der Waals surface area (Å²) >= 11 is 0. The van der Waals surface area contributed by atoms with E-state index in [2.05, 4.69) is 12.2 Å². The van der Waals surface area contributed by atoms with Gasteiger partial charge < -0.3 is 10.2 Å². The van der Waals surface area contributed by atoms with Gasteiger partial charge in [0.05, 0.1) is 5.41 Å². The van der Waals surface area contributed by atoms with Crippen molar-refractivity contribution in [1.29, 1.82) is 0 Å². The lowest BCUT2D eigenvalue weighted by Gasteiger charge is -2.28. The van der Waals surface area contributed by atoms with Crippen LogP contribution in [-0.2, 0) is 4.79 Å². The fourth-order valence-corrected chi connectivity index (χ4v) is 2.23. The lowest BCUT2D eigenvalue weighted by atomic mass is 9.88. The number of rotatable bonds is 3. The van der Waals surface area contributed by atoms with Gasteiger partial charge in [0.2, 0.25) is 5.91 Å². The van der Waals surface area contributed by atoms with E-state index >= 15 is 0 Å². The molecule has 1 saturated carbocycles. The number of hydrogen-bond acceptors (Lipinski definition) is 2. The van der Waals surface area contributed by atoms with E-state index in [9.17, 15) is 4.79 Å². The first kappa shape index (κ1) is 9.97. The van der Waals surface area contributed by atoms with Crippen molar-refractivity contribution in [2.75, 3.05) is 26.7 Å².